The van der Waals surface area contributed by atoms with E-state index in [1.165, 1.54) is 26.5 Å². The number of amides is 2. The van der Waals surface area contributed by atoms with Gasteiger partial charge in [-0.05, 0) is 42.5 Å². The van der Waals surface area contributed by atoms with Gasteiger partial charge in [0.2, 0.25) is 11.8 Å². The van der Waals surface area contributed by atoms with Crippen molar-refractivity contribution in [2.45, 2.75) is 38.3 Å². The van der Waals surface area contributed by atoms with Crippen LogP contribution in [0.1, 0.15) is 13.8 Å². The molecule has 0 aliphatic carbocycles. The Morgan fingerprint density at radius 1 is 0.853 bits per heavy atom. The molecule has 2 amide bonds. The molecule has 34 heavy (non-hydrogen) atoms. The van der Waals surface area contributed by atoms with Crippen LogP contribution >= 0.6 is 11.8 Å². The minimum Gasteiger partial charge on any atom is -0.326 e. The van der Waals surface area contributed by atoms with Crippen LogP contribution in [-0.2, 0) is 20.5 Å². The summed E-state index contributed by atoms with van der Waals surface area (Å²) in [4.78, 5) is 31.5. The molecular formula is C23H21ClN2O6S2. The van der Waals surface area contributed by atoms with E-state index in [1.807, 2.05) is 18.2 Å². The third-order valence-electron chi connectivity index (χ3n) is 4.69. The summed E-state index contributed by atoms with van der Waals surface area (Å²) in [5, 5.41) is 2.83. The number of nitrogens with zero attached hydrogens (tertiary/aromatic N) is 1. The van der Waals surface area contributed by atoms with Gasteiger partial charge in [0.25, 0.3) is 0 Å². The van der Waals surface area contributed by atoms with Crippen molar-refractivity contribution >= 4 is 45.8 Å². The van der Waals surface area contributed by atoms with Crippen molar-refractivity contribution in [1.82, 2.24) is 0 Å². The van der Waals surface area contributed by atoms with Crippen molar-refractivity contribution in [2.75, 3.05) is 17.3 Å². The zero-order chi connectivity index (χ0) is 25.0. The van der Waals surface area contributed by atoms with Crippen LogP contribution in [0.5, 0.6) is 0 Å². The normalized spacial score (nSPS) is 12.6. The van der Waals surface area contributed by atoms with E-state index in [2.05, 4.69) is 53.8 Å². The third kappa shape index (κ3) is 6.51. The molecule has 3 aromatic rings. The second-order valence-corrected chi connectivity index (χ2v) is 10.9. The summed E-state index contributed by atoms with van der Waals surface area (Å²) < 4.78 is 34.0. The number of anilines is 2. The van der Waals surface area contributed by atoms with Crippen LogP contribution in [-0.4, -0.2) is 18.9 Å². The molecule has 1 N–H and O–H groups in total. The van der Waals surface area contributed by atoms with Gasteiger partial charge < -0.3 is 10.2 Å². The van der Waals surface area contributed by atoms with Gasteiger partial charge in [-0.25, -0.2) is 18.6 Å². The van der Waals surface area contributed by atoms with Crippen LogP contribution in [0.3, 0.4) is 0 Å². The summed E-state index contributed by atoms with van der Waals surface area (Å²) in [7, 11) is -3.52. The summed E-state index contributed by atoms with van der Waals surface area (Å²) >= 11 is 1.78. The molecule has 1 heterocycles. The molecule has 11 heteroatoms. The van der Waals surface area contributed by atoms with Gasteiger partial charge in [-0.3, -0.25) is 9.59 Å². The fourth-order valence-corrected chi connectivity index (χ4v) is 7.19. The average molecular weight is 521 g/mol. The van der Waals surface area contributed by atoms with Crippen LogP contribution in [0, 0.1) is 10.2 Å². The largest absolute Gasteiger partial charge is 0.326 e. The molecule has 1 aliphatic rings. The van der Waals surface area contributed by atoms with Crippen LogP contribution < -0.4 is 28.9 Å². The average Bonchev–Trinajstić information content (AvgIpc) is 2.75. The number of carbonyl (C=O) groups excluding carboxylic acids is 2. The van der Waals surface area contributed by atoms with Crippen molar-refractivity contribution < 1.29 is 38.5 Å². The standard InChI is InChI=1S/C23H20N2O2S2.ClHO4/c1-15(26)24-17-12-13-21(18(14-17)25(3)16(2)27)29-22-10-6-4-8-19(22)28-20-9-5-7-11-23(20)29;2-1(3,4)5/h4-14H,1-3H3;(H,2,3,4,5). The molecule has 0 bridgehead atoms. The third-order valence-corrected chi connectivity index (χ3v) is 8.48. The molecule has 178 valence electrons. The smallest absolute Gasteiger partial charge is 0.223 e. The highest BCUT2D eigenvalue weighted by Crippen LogP contribution is 2.50. The summed E-state index contributed by atoms with van der Waals surface area (Å²) in [5.41, 5.74) is 1.49. The lowest BCUT2D eigenvalue weighted by Gasteiger charge is -2.23. The molecule has 0 aromatic heterocycles. The molecule has 1 aliphatic heterocycles. The van der Waals surface area contributed by atoms with Crippen LogP contribution in [0.4, 0.5) is 11.4 Å². The van der Waals surface area contributed by atoms with E-state index < -0.39 is 10.2 Å². The van der Waals surface area contributed by atoms with Crippen molar-refractivity contribution in [2.24, 2.45) is 0 Å². The summed E-state index contributed by atoms with van der Waals surface area (Å²) in [6.07, 6.45) is 0. The Kier molecular flexibility index (Phi) is 8.26. The first-order valence-electron chi connectivity index (χ1n) is 9.83. The van der Waals surface area contributed by atoms with Crippen molar-refractivity contribution in [3.8, 4) is 0 Å². The molecular weight excluding hydrogens is 500 g/mol. The highest BCUT2D eigenvalue weighted by Gasteiger charge is 2.40. The fraction of sp³-hybridized carbons (Fsp3) is 0.130. The Morgan fingerprint density at radius 2 is 1.35 bits per heavy atom. The van der Waals surface area contributed by atoms with Gasteiger partial charge >= 0.3 is 0 Å². The highest BCUT2D eigenvalue weighted by molar-refractivity contribution is 8.04. The number of halogens is 1. The summed E-state index contributed by atoms with van der Waals surface area (Å²) in [5.74, 6) is -0.191. The number of hydrogen-bond donors (Lipinski definition) is 1. The number of hydrogen-bond acceptors (Lipinski definition) is 7. The lowest BCUT2D eigenvalue weighted by molar-refractivity contribution is -2.00. The minimum atomic E-state index is -4.94. The lowest BCUT2D eigenvalue weighted by atomic mass is 10.2. The molecule has 0 atom stereocenters. The molecule has 8 nitrogen and oxygen atoms in total. The zero-order valence-corrected chi connectivity index (χ0v) is 20.8. The first-order valence-corrected chi connectivity index (χ1v) is 13.1. The minimum absolute atomic E-state index is 0.0530. The van der Waals surface area contributed by atoms with Crippen molar-refractivity contribution in [1.29, 1.82) is 0 Å². The Labute approximate surface area is 206 Å². The molecule has 4 rings (SSSR count). The topological polar surface area (TPSA) is 142 Å². The number of rotatable bonds is 3. The Balaban J connectivity index is 0.000000588. The molecule has 0 fully saturated rings. The van der Waals surface area contributed by atoms with Gasteiger partial charge in [-0.2, -0.15) is 0 Å². The Morgan fingerprint density at radius 3 is 1.82 bits per heavy atom. The number of benzene rings is 3. The molecule has 0 radical (unpaired) electrons. The predicted octanol–water partition coefficient (Wildman–Crippen LogP) is 0.432. The van der Waals surface area contributed by atoms with Gasteiger partial charge in [0.05, 0.1) is 9.79 Å². The molecule has 0 saturated heterocycles. The first-order chi connectivity index (χ1) is 16.0. The maximum atomic E-state index is 12.2. The second-order valence-electron chi connectivity index (χ2n) is 7.12. The van der Waals surface area contributed by atoms with Gasteiger partial charge in [-0.1, -0.05) is 36.0 Å². The van der Waals surface area contributed by atoms with Crippen LogP contribution in [0.25, 0.3) is 0 Å². The zero-order valence-electron chi connectivity index (χ0n) is 18.4. The predicted molar refractivity (Wildman–Crippen MR) is 119 cm³/mol. The van der Waals surface area contributed by atoms with E-state index in [0.717, 1.165) is 10.6 Å². The van der Waals surface area contributed by atoms with Gasteiger partial charge in [-0.15, -0.1) is 10.2 Å². The first kappa shape index (κ1) is 26.0. The maximum absolute atomic E-state index is 12.2. The SMILES string of the molecule is CC(=O)Nc1ccc([S+]2c3ccccc3Sc3ccccc32)c(N(C)C(C)=O)c1.[O-][Cl+3]([O-])([O-])[O-]. The Bertz CT molecular complexity index is 1170. The number of carbonyl (C=O) groups is 2. The maximum Gasteiger partial charge on any atom is 0.223 e. The molecule has 0 saturated carbocycles. The van der Waals surface area contributed by atoms with E-state index >= 15 is 0 Å². The number of fused-ring (bicyclic) bond motifs is 2. The lowest BCUT2D eigenvalue weighted by Crippen LogP contribution is -2.68. The van der Waals surface area contributed by atoms with Gasteiger partial charge in [0, 0.05) is 26.6 Å². The Hall–Kier alpha value is -2.57. The van der Waals surface area contributed by atoms with E-state index in [1.54, 1.807) is 30.6 Å². The monoisotopic (exact) mass is 520 g/mol. The van der Waals surface area contributed by atoms with Crippen molar-refractivity contribution in [3.05, 3.63) is 66.7 Å². The number of nitrogens with one attached hydrogen (secondary N) is 1. The summed E-state index contributed by atoms with van der Waals surface area (Å²) in [6, 6.07) is 22.7. The molecule has 0 spiro atoms. The van der Waals surface area contributed by atoms with E-state index in [9.17, 15) is 9.59 Å². The fourth-order valence-electron chi connectivity index (χ4n) is 3.28. The quantitative estimate of drug-likeness (QED) is 0.386. The molecule has 3 aromatic carbocycles. The van der Waals surface area contributed by atoms with Crippen LogP contribution in [0.2, 0.25) is 0 Å². The van der Waals surface area contributed by atoms with E-state index in [-0.39, 0.29) is 22.7 Å². The molecule has 0 unspecified atom stereocenters. The highest BCUT2D eigenvalue weighted by atomic mass is 35.7. The van der Waals surface area contributed by atoms with Crippen LogP contribution in [0.15, 0.2) is 91.2 Å². The second kappa shape index (κ2) is 10.8. The van der Waals surface area contributed by atoms with E-state index in [0.29, 0.717) is 5.69 Å². The van der Waals surface area contributed by atoms with Crippen molar-refractivity contribution in [3.63, 3.8) is 0 Å². The van der Waals surface area contributed by atoms with Gasteiger partial charge in [0.15, 0.2) is 14.7 Å². The van der Waals surface area contributed by atoms with Gasteiger partial charge in [0.1, 0.15) is 16.6 Å². The summed E-state index contributed by atoms with van der Waals surface area (Å²) in [6.45, 7) is 3.03. The van der Waals surface area contributed by atoms with E-state index in [4.69, 9.17) is 18.6 Å².